The van der Waals surface area contributed by atoms with Crippen molar-refractivity contribution >= 4 is 35.2 Å². The summed E-state index contributed by atoms with van der Waals surface area (Å²) >= 11 is 12.9. The number of hydrogen-bond donors (Lipinski definition) is 0. The molecule has 5 atom stereocenters. The number of carbonyl (C=O) groups is 2. The van der Waals surface area contributed by atoms with Crippen LogP contribution < -0.4 is 4.74 Å². The number of allylic oxidation sites excluding steroid dienone is 1. The third-order valence-electron chi connectivity index (χ3n) is 7.35. The third-order valence-corrected chi connectivity index (χ3v) is 7.90. The highest BCUT2D eigenvalue weighted by molar-refractivity contribution is 6.31. The molecule has 1 aliphatic carbocycles. The van der Waals surface area contributed by atoms with Crippen LogP contribution in [0.25, 0.3) is 0 Å². The molecule has 1 fully saturated rings. The van der Waals surface area contributed by atoms with Crippen LogP contribution in [0.5, 0.6) is 5.75 Å². The van der Waals surface area contributed by atoms with E-state index < -0.39 is 23.2 Å². The molecule has 4 rings (SSSR count). The van der Waals surface area contributed by atoms with E-state index in [0.29, 0.717) is 22.2 Å². The van der Waals surface area contributed by atoms with E-state index in [0.717, 1.165) is 11.3 Å². The zero-order chi connectivity index (χ0) is 26.4. The summed E-state index contributed by atoms with van der Waals surface area (Å²) in [6.07, 6.45) is 5.53. The molecule has 6 nitrogen and oxygen atoms in total. The summed E-state index contributed by atoms with van der Waals surface area (Å²) in [7, 11) is 1.60. The summed E-state index contributed by atoms with van der Waals surface area (Å²) in [6, 6.07) is 8.87. The van der Waals surface area contributed by atoms with Crippen LogP contribution in [-0.2, 0) is 9.53 Å². The molecule has 1 aromatic heterocycles. The van der Waals surface area contributed by atoms with Gasteiger partial charge in [-0.3, -0.25) is 9.78 Å². The van der Waals surface area contributed by atoms with Gasteiger partial charge in [0.15, 0.2) is 0 Å². The first kappa shape index (κ1) is 26.5. The summed E-state index contributed by atoms with van der Waals surface area (Å²) in [4.78, 5) is 33.2. The first-order chi connectivity index (χ1) is 16.9. The summed E-state index contributed by atoms with van der Waals surface area (Å²) < 4.78 is 11.0. The van der Waals surface area contributed by atoms with Crippen molar-refractivity contribution in [1.82, 2.24) is 9.88 Å². The van der Waals surface area contributed by atoms with Crippen LogP contribution in [-0.4, -0.2) is 40.6 Å². The smallest absolute Gasteiger partial charge is 0.417 e. The molecule has 2 aliphatic rings. The van der Waals surface area contributed by atoms with E-state index in [1.165, 1.54) is 4.90 Å². The lowest BCUT2D eigenvalue weighted by atomic mass is 9.58. The number of benzene rings is 1. The van der Waals surface area contributed by atoms with Crippen LogP contribution in [0.3, 0.4) is 0 Å². The van der Waals surface area contributed by atoms with Gasteiger partial charge in [0.2, 0.25) is 5.91 Å². The Bertz CT molecular complexity index is 1190. The molecule has 0 N–H and O–H groups in total. The highest BCUT2D eigenvalue weighted by atomic mass is 35.5. The Morgan fingerprint density at radius 3 is 2.47 bits per heavy atom. The SMILES string of the molecule is CC[C@@]12C=C[C@@H](c3ccc(OC)cc3Cl)[C@H](c3ccc(Cl)cn3)[C@@H]1[C@@H](C)N(C(=O)OC(C)(C)C)C2=O. The summed E-state index contributed by atoms with van der Waals surface area (Å²) in [6.45, 7) is 9.27. The third kappa shape index (κ3) is 4.50. The number of ether oxygens (including phenoxy) is 2. The minimum atomic E-state index is -0.877. The van der Waals surface area contributed by atoms with Crippen molar-refractivity contribution < 1.29 is 19.1 Å². The van der Waals surface area contributed by atoms with Gasteiger partial charge in [-0.15, -0.1) is 0 Å². The molecular weight excluding hydrogens is 499 g/mol. The molecule has 0 radical (unpaired) electrons. The molecule has 2 heterocycles. The van der Waals surface area contributed by atoms with E-state index in [2.05, 4.69) is 4.98 Å². The molecule has 8 heteroatoms. The maximum atomic E-state index is 13.9. The molecule has 0 bridgehead atoms. The maximum Gasteiger partial charge on any atom is 0.417 e. The second-order valence-corrected chi connectivity index (χ2v) is 11.4. The van der Waals surface area contributed by atoms with Gasteiger partial charge in [-0.2, -0.15) is 0 Å². The predicted octanol–water partition coefficient (Wildman–Crippen LogP) is 7.01. The van der Waals surface area contributed by atoms with Crippen LogP contribution in [0.1, 0.15) is 64.1 Å². The largest absolute Gasteiger partial charge is 0.497 e. The van der Waals surface area contributed by atoms with Gasteiger partial charge in [0, 0.05) is 40.7 Å². The van der Waals surface area contributed by atoms with Crippen molar-refractivity contribution in [3.05, 3.63) is 70.0 Å². The zero-order valence-electron chi connectivity index (χ0n) is 21.4. The number of imide groups is 1. The second kappa shape index (κ2) is 9.71. The van der Waals surface area contributed by atoms with E-state index in [4.69, 9.17) is 32.7 Å². The number of methoxy groups -OCH3 is 1. The van der Waals surface area contributed by atoms with Crippen molar-refractivity contribution in [2.24, 2.45) is 11.3 Å². The minimum Gasteiger partial charge on any atom is -0.497 e. The van der Waals surface area contributed by atoms with Gasteiger partial charge in [-0.25, -0.2) is 9.69 Å². The van der Waals surface area contributed by atoms with Crippen LogP contribution in [0.4, 0.5) is 4.79 Å². The fraction of sp³-hybridized carbons (Fsp3) is 0.464. The average Bonchev–Trinajstić information content (AvgIpc) is 3.05. The number of likely N-dealkylation sites (tertiary alicyclic amines) is 1. The zero-order valence-corrected chi connectivity index (χ0v) is 22.9. The van der Waals surface area contributed by atoms with Gasteiger partial charge < -0.3 is 9.47 Å². The van der Waals surface area contributed by atoms with Crippen molar-refractivity contribution in [3.8, 4) is 5.75 Å². The standard InChI is InChI=1S/C28H32Cl2N2O4/c1-7-28-13-12-20(19-10-9-18(35-6)14-21(19)30)23(22-11-8-17(29)15-31-22)24(28)16(2)32(25(28)33)26(34)36-27(3,4)5/h8-16,20,23-24H,7H2,1-6H3/t16-,20+,23-,24+,28-/m1/s1. The molecule has 192 valence electrons. The molecular formula is C28H32Cl2N2O4. The number of pyridine rings is 1. The number of nitrogens with zero attached hydrogens (tertiary/aromatic N) is 2. The highest BCUT2D eigenvalue weighted by Gasteiger charge is 2.63. The quantitative estimate of drug-likeness (QED) is 0.397. The van der Waals surface area contributed by atoms with Crippen molar-refractivity contribution in [1.29, 1.82) is 0 Å². The lowest BCUT2D eigenvalue weighted by Gasteiger charge is -2.43. The maximum absolute atomic E-state index is 13.9. The van der Waals surface area contributed by atoms with Crippen molar-refractivity contribution in [3.63, 3.8) is 0 Å². The number of halogens is 2. The highest BCUT2D eigenvalue weighted by Crippen LogP contribution is 2.59. The van der Waals surface area contributed by atoms with Crippen LogP contribution in [0.15, 0.2) is 48.7 Å². The molecule has 1 saturated heterocycles. The van der Waals surface area contributed by atoms with Gasteiger partial charge in [-0.05, 0) is 63.9 Å². The van der Waals surface area contributed by atoms with Gasteiger partial charge in [-0.1, -0.05) is 48.3 Å². The number of carbonyl (C=O) groups excluding carboxylic acids is 2. The lowest BCUT2D eigenvalue weighted by Crippen LogP contribution is -2.43. The fourth-order valence-electron chi connectivity index (χ4n) is 5.78. The summed E-state index contributed by atoms with van der Waals surface area (Å²) in [5.41, 5.74) is 0.0818. The number of rotatable bonds is 4. The lowest BCUT2D eigenvalue weighted by molar-refractivity contribution is -0.134. The van der Waals surface area contributed by atoms with E-state index in [9.17, 15) is 9.59 Å². The van der Waals surface area contributed by atoms with Crippen LogP contribution in [0, 0.1) is 11.3 Å². The van der Waals surface area contributed by atoms with Gasteiger partial charge in [0.25, 0.3) is 0 Å². The van der Waals surface area contributed by atoms with Crippen LogP contribution in [0.2, 0.25) is 10.0 Å². The summed E-state index contributed by atoms with van der Waals surface area (Å²) in [5, 5.41) is 1.09. The normalized spacial score (nSPS) is 27.7. The Morgan fingerprint density at radius 1 is 1.19 bits per heavy atom. The topological polar surface area (TPSA) is 68.7 Å². The fourth-order valence-corrected chi connectivity index (χ4v) is 6.19. The first-order valence-electron chi connectivity index (χ1n) is 12.1. The van der Waals surface area contributed by atoms with Gasteiger partial charge in [0.1, 0.15) is 11.4 Å². The number of amides is 2. The number of fused-ring (bicyclic) bond motifs is 1. The molecule has 2 amide bonds. The molecule has 0 saturated carbocycles. The molecule has 1 aromatic carbocycles. The van der Waals surface area contributed by atoms with E-state index in [1.54, 1.807) is 46.2 Å². The van der Waals surface area contributed by atoms with Crippen molar-refractivity contribution in [2.45, 2.75) is 64.5 Å². The van der Waals surface area contributed by atoms with Gasteiger partial charge >= 0.3 is 6.09 Å². The molecule has 2 aromatic rings. The Labute approximate surface area is 222 Å². The van der Waals surface area contributed by atoms with E-state index in [-0.39, 0.29) is 23.7 Å². The Balaban J connectivity index is 1.88. The number of aromatic nitrogens is 1. The van der Waals surface area contributed by atoms with Crippen LogP contribution >= 0.6 is 23.2 Å². The van der Waals surface area contributed by atoms with Gasteiger partial charge in [0.05, 0.1) is 17.5 Å². The number of hydrogen-bond acceptors (Lipinski definition) is 5. The average molecular weight is 531 g/mol. The second-order valence-electron chi connectivity index (χ2n) is 10.5. The van der Waals surface area contributed by atoms with E-state index in [1.807, 2.05) is 44.2 Å². The Morgan fingerprint density at radius 2 is 1.92 bits per heavy atom. The first-order valence-corrected chi connectivity index (χ1v) is 12.9. The predicted molar refractivity (Wildman–Crippen MR) is 141 cm³/mol. The van der Waals surface area contributed by atoms with E-state index >= 15 is 0 Å². The molecule has 1 aliphatic heterocycles. The molecule has 36 heavy (non-hydrogen) atoms. The monoisotopic (exact) mass is 530 g/mol. The van der Waals surface area contributed by atoms with Crippen molar-refractivity contribution in [2.75, 3.05) is 7.11 Å². The Kier molecular flexibility index (Phi) is 7.15. The Hall–Kier alpha value is -2.57. The molecule has 0 unspecified atom stereocenters. The summed E-state index contributed by atoms with van der Waals surface area (Å²) in [5.74, 6) is -0.274. The minimum absolute atomic E-state index is 0.185. The molecule has 0 spiro atoms.